The Morgan fingerprint density at radius 3 is 2.70 bits per heavy atom. The quantitative estimate of drug-likeness (QED) is 0.785. The molecule has 1 N–H and O–H groups in total. The number of anilines is 1. The minimum Gasteiger partial charge on any atom is -0.369 e. The molecule has 2 aromatic carbocycles. The monoisotopic (exact) mass is 307 g/mol. The minimum atomic E-state index is -0.223. The van der Waals surface area contributed by atoms with E-state index in [-0.39, 0.29) is 5.82 Å². The number of benzene rings is 2. The van der Waals surface area contributed by atoms with E-state index >= 15 is 0 Å². The SMILES string of the molecule is CCc1ccccc1-n1nc(-c2ccc(F)cc2)c2c1NCC2. The summed E-state index contributed by atoms with van der Waals surface area (Å²) in [5.74, 6) is 0.838. The number of fused-ring (bicyclic) bond motifs is 1. The summed E-state index contributed by atoms with van der Waals surface area (Å²) in [6.07, 6.45) is 1.90. The van der Waals surface area contributed by atoms with Crippen LogP contribution in [0.25, 0.3) is 16.9 Å². The van der Waals surface area contributed by atoms with Gasteiger partial charge in [-0.25, -0.2) is 9.07 Å². The van der Waals surface area contributed by atoms with E-state index < -0.39 is 0 Å². The van der Waals surface area contributed by atoms with Crippen LogP contribution < -0.4 is 5.32 Å². The van der Waals surface area contributed by atoms with Gasteiger partial charge in [0.15, 0.2) is 0 Å². The van der Waals surface area contributed by atoms with Crippen molar-refractivity contribution in [3.8, 4) is 16.9 Å². The van der Waals surface area contributed by atoms with Crippen LogP contribution in [0.5, 0.6) is 0 Å². The van der Waals surface area contributed by atoms with Gasteiger partial charge < -0.3 is 5.32 Å². The number of nitrogens with zero attached hydrogens (tertiary/aromatic N) is 2. The Kier molecular flexibility index (Phi) is 3.37. The van der Waals surface area contributed by atoms with Crippen molar-refractivity contribution in [2.75, 3.05) is 11.9 Å². The third-order valence-corrected chi connectivity index (χ3v) is 4.37. The van der Waals surface area contributed by atoms with Crippen molar-refractivity contribution in [2.24, 2.45) is 0 Å². The van der Waals surface area contributed by atoms with Crippen LogP contribution in [0, 0.1) is 5.82 Å². The van der Waals surface area contributed by atoms with Gasteiger partial charge in [-0.1, -0.05) is 25.1 Å². The maximum absolute atomic E-state index is 13.2. The van der Waals surface area contributed by atoms with Gasteiger partial charge in [-0.15, -0.1) is 0 Å². The lowest BCUT2D eigenvalue weighted by Gasteiger charge is -2.10. The Morgan fingerprint density at radius 2 is 1.91 bits per heavy atom. The molecule has 116 valence electrons. The Bertz CT molecular complexity index is 850. The molecule has 4 rings (SSSR count). The van der Waals surface area contributed by atoms with Crippen LogP contribution in [0.3, 0.4) is 0 Å². The number of hydrogen-bond acceptors (Lipinski definition) is 2. The second kappa shape index (κ2) is 5.54. The molecule has 1 aliphatic rings. The number of hydrogen-bond donors (Lipinski definition) is 1. The van der Waals surface area contributed by atoms with E-state index in [0.29, 0.717) is 0 Å². The van der Waals surface area contributed by atoms with Crippen LogP contribution in [0.4, 0.5) is 10.2 Å². The van der Waals surface area contributed by atoms with Gasteiger partial charge in [0.05, 0.1) is 11.4 Å². The average Bonchev–Trinajstić information content (AvgIpc) is 3.18. The highest BCUT2D eigenvalue weighted by Gasteiger charge is 2.24. The fourth-order valence-corrected chi connectivity index (χ4v) is 3.21. The van der Waals surface area contributed by atoms with E-state index in [0.717, 1.165) is 42.1 Å². The molecule has 2 heterocycles. The Hall–Kier alpha value is -2.62. The van der Waals surface area contributed by atoms with Crippen molar-refractivity contribution < 1.29 is 4.39 Å². The van der Waals surface area contributed by atoms with Gasteiger partial charge >= 0.3 is 0 Å². The maximum atomic E-state index is 13.2. The van der Waals surface area contributed by atoms with Gasteiger partial charge in [-0.05, 0) is 48.7 Å². The van der Waals surface area contributed by atoms with Crippen molar-refractivity contribution in [1.82, 2.24) is 9.78 Å². The standard InChI is InChI=1S/C19H18FN3/c1-2-13-5-3-4-6-17(13)23-19-16(11-12-21-19)18(22-23)14-7-9-15(20)10-8-14/h3-10,21H,2,11-12H2,1H3. The van der Waals surface area contributed by atoms with Crippen LogP contribution in [-0.4, -0.2) is 16.3 Å². The predicted octanol–water partition coefficient (Wildman–Crippen LogP) is 4.21. The Morgan fingerprint density at radius 1 is 1.13 bits per heavy atom. The lowest BCUT2D eigenvalue weighted by Crippen LogP contribution is -2.06. The molecule has 0 aliphatic carbocycles. The number of nitrogens with one attached hydrogen (secondary N) is 1. The summed E-state index contributed by atoms with van der Waals surface area (Å²) in [5, 5.41) is 8.29. The maximum Gasteiger partial charge on any atom is 0.133 e. The predicted molar refractivity (Wildman–Crippen MR) is 90.5 cm³/mol. The molecule has 0 saturated heterocycles. The topological polar surface area (TPSA) is 29.9 Å². The molecule has 3 aromatic rings. The molecule has 0 atom stereocenters. The van der Waals surface area contributed by atoms with E-state index in [2.05, 4.69) is 30.4 Å². The highest BCUT2D eigenvalue weighted by molar-refractivity contribution is 5.73. The van der Waals surface area contributed by atoms with Gasteiger partial charge in [0.2, 0.25) is 0 Å². The van der Waals surface area contributed by atoms with E-state index in [9.17, 15) is 4.39 Å². The second-order valence-corrected chi connectivity index (χ2v) is 5.75. The summed E-state index contributed by atoms with van der Waals surface area (Å²) in [6.45, 7) is 3.06. The van der Waals surface area contributed by atoms with Gasteiger partial charge in [0.25, 0.3) is 0 Å². The van der Waals surface area contributed by atoms with E-state index in [1.165, 1.54) is 23.3 Å². The number of aryl methyl sites for hydroxylation is 1. The highest BCUT2D eigenvalue weighted by Crippen LogP contribution is 2.35. The fraction of sp³-hybridized carbons (Fsp3) is 0.211. The van der Waals surface area contributed by atoms with Crippen molar-refractivity contribution in [1.29, 1.82) is 0 Å². The van der Waals surface area contributed by atoms with E-state index in [1.807, 2.05) is 10.7 Å². The summed E-state index contributed by atoms with van der Waals surface area (Å²) >= 11 is 0. The van der Waals surface area contributed by atoms with Crippen LogP contribution in [0.1, 0.15) is 18.1 Å². The van der Waals surface area contributed by atoms with Gasteiger partial charge in [-0.2, -0.15) is 5.10 Å². The molecule has 1 aromatic heterocycles. The fourth-order valence-electron chi connectivity index (χ4n) is 3.21. The first kappa shape index (κ1) is 14.0. The molecule has 0 radical (unpaired) electrons. The minimum absolute atomic E-state index is 0.223. The summed E-state index contributed by atoms with van der Waals surface area (Å²) in [7, 11) is 0. The van der Waals surface area contributed by atoms with Gasteiger partial charge in [0.1, 0.15) is 11.6 Å². The number of aromatic nitrogens is 2. The molecule has 0 spiro atoms. The number of rotatable bonds is 3. The van der Waals surface area contributed by atoms with Gasteiger partial charge in [-0.3, -0.25) is 0 Å². The summed E-state index contributed by atoms with van der Waals surface area (Å²) in [4.78, 5) is 0. The number of para-hydroxylation sites is 1. The van der Waals surface area contributed by atoms with Crippen molar-refractivity contribution >= 4 is 5.82 Å². The molecular weight excluding hydrogens is 289 g/mol. The Labute approximate surface area is 134 Å². The van der Waals surface area contributed by atoms with Crippen LogP contribution in [0.15, 0.2) is 48.5 Å². The highest BCUT2D eigenvalue weighted by atomic mass is 19.1. The lowest BCUT2D eigenvalue weighted by atomic mass is 10.1. The largest absolute Gasteiger partial charge is 0.369 e. The smallest absolute Gasteiger partial charge is 0.133 e. The lowest BCUT2D eigenvalue weighted by molar-refractivity contribution is 0.628. The third-order valence-electron chi connectivity index (χ3n) is 4.37. The van der Waals surface area contributed by atoms with E-state index in [4.69, 9.17) is 5.10 Å². The second-order valence-electron chi connectivity index (χ2n) is 5.75. The molecule has 0 unspecified atom stereocenters. The first-order chi connectivity index (χ1) is 11.3. The third kappa shape index (κ3) is 2.31. The molecule has 4 heteroatoms. The molecule has 0 bridgehead atoms. The molecule has 3 nitrogen and oxygen atoms in total. The van der Waals surface area contributed by atoms with Crippen molar-refractivity contribution in [2.45, 2.75) is 19.8 Å². The average molecular weight is 307 g/mol. The normalized spacial score (nSPS) is 13.0. The molecule has 0 saturated carbocycles. The first-order valence-electron chi connectivity index (χ1n) is 7.98. The molecular formula is C19H18FN3. The van der Waals surface area contributed by atoms with E-state index in [1.54, 1.807) is 12.1 Å². The summed E-state index contributed by atoms with van der Waals surface area (Å²) in [5.41, 5.74) is 5.48. The van der Waals surface area contributed by atoms with Crippen molar-refractivity contribution in [3.05, 3.63) is 65.5 Å². The summed E-state index contributed by atoms with van der Waals surface area (Å²) < 4.78 is 15.2. The van der Waals surface area contributed by atoms with Crippen LogP contribution in [-0.2, 0) is 12.8 Å². The van der Waals surface area contributed by atoms with Crippen LogP contribution >= 0.6 is 0 Å². The molecule has 0 fully saturated rings. The zero-order valence-electron chi connectivity index (χ0n) is 13.0. The molecule has 23 heavy (non-hydrogen) atoms. The summed E-state index contributed by atoms with van der Waals surface area (Å²) in [6, 6.07) is 14.9. The molecule has 1 aliphatic heterocycles. The zero-order chi connectivity index (χ0) is 15.8. The first-order valence-corrected chi connectivity index (χ1v) is 7.98. The van der Waals surface area contributed by atoms with Gasteiger partial charge in [0, 0.05) is 17.7 Å². The Balaban J connectivity index is 1.90. The molecule has 0 amide bonds. The van der Waals surface area contributed by atoms with Crippen LogP contribution in [0.2, 0.25) is 0 Å². The van der Waals surface area contributed by atoms with Crippen molar-refractivity contribution in [3.63, 3.8) is 0 Å². The zero-order valence-corrected chi connectivity index (χ0v) is 13.0. The number of halogens is 1.